The van der Waals surface area contributed by atoms with Crippen LogP contribution in [0.2, 0.25) is 0 Å². The predicted molar refractivity (Wildman–Crippen MR) is 269 cm³/mol. The maximum atomic E-state index is 2.49. The fourth-order valence-electron chi connectivity index (χ4n) is 10.9. The average Bonchev–Trinajstić information content (AvgIpc) is 3.86. The van der Waals surface area contributed by atoms with Gasteiger partial charge in [-0.05, 0) is 135 Å². The van der Waals surface area contributed by atoms with Gasteiger partial charge in [0.25, 0.3) is 0 Å². The van der Waals surface area contributed by atoms with Gasteiger partial charge in [-0.3, -0.25) is 0 Å². The lowest BCUT2D eigenvalue weighted by atomic mass is 9.63. The third-order valence-electron chi connectivity index (χ3n) is 13.7. The quantitative estimate of drug-likeness (QED) is 0.148. The maximum absolute atomic E-state index is 2.49. The minimum Gasteiger partial charge on any atom is -0.310 e. The van der Waals surface area contributed by atoms with E-state index in [0.717, 1.165) is 23.5 Å². The number of rotatable bonds is 8. The first-order valence-corrected chi connectivity index (χ1v) is 22.5. The third-order valence-corrected chi connectivity index (χ3v) is 13.7. The second kappa shape index (κ2) is 15.4. The van der Waals surface area contributed by atoms with Gasteiger partial charge in [0.05, 0.1) is 16.4 Å². The Balaban J connectivity index is 1.01. The first-order valence-electron chi connectivity index (χ1n) is 22.5. The zero-order chi connectivity index (χ0) is 42.6. The van der Waals surface area contributed by atoms with Crippen molar-refractivity contribution in [1.82, 2.24) is 4.57 Å². The summed E-state index contributed by atoms with van der Waals surface area (Å²) in [4.78, 5) is 2.44. The Kier molecular flexibility index (Phi) is 9.12. The third kappa shape index (κ3) is 6.02. The van der Waals surface area contributed by atoms with Gasteiger partial charge in [-0.25, -0.2) is 0 Å². The number of anilines is 3. The number of benzene rings is 9. The summed E-state index contributed by atoms with van der Waals surface area (Å²) in [7, 11) is 0. The lowest BCUT2D eigenvalue weighted by molar-refractivity contribution is 0.583. The van der Waals surface area contributed by atoms with Gasteiger partial charge in [0.2, 0.25) is 0 Å². The summed E-state index contributed by atoms with van der Waals surface area (Å²) in [6, 6.07) is 84.8. The van der Waals surface area contributed by atoms with Gasteiger partial charge in [-0.1, -0.05) is 183 Å². The molecule has 1 atom stereocenters. The molecule has 2 aliphatic carbocycles. The largest absolute Gasteiger partial charge is 0.310 e. The maximum Gasteiger partial charge on any atom is 0.0679 e. The molecule has 1 unspecified atom stereocenters. The molecule has 9 aromatic carbocycles. The first-order chi connectivity index (χ1) is 31.7. The second-order valence-electron chi connectivity index (χ2n) is 17.3. The number of hydrogen-bond acceptors (Lipinski definition) is 1. The molecular weight excluding hydrogens is 773 g/mol. The normalized spacial score (nSPS) is 15.0. The van der Waals surface area contributed by atoms with E-state index in [4.69, 9.17) is 0 Å². The summed E-state index contributed by atoms with van der Waals surface area (Å²) in [5.41, 5.74) is 19.4. The summed E-state index contributed by atoms with van der Waals surface area (Å²) >= 11 is 0. The molecule has 0 saturated heterocycles. The summed E-state index contributed by atoms with van der Waals surface area (Å²) in [6.45, 7) is 2.41. The van der Waals surface area contributed by atoms with Gasteiger partial charge < -0.3 is 9.47 Å². The molecule has 304 valence electrons. The van der Waals surface area contributed by atoms with Crippen LogP contribution in [0.3, 0.4) is 0 Å². The number of hydrogen-bond donors (Lipinski definition) is 0. The molecule has 2 aliphatic rings. The van der Waals surface area contributed by atoms with Crippen LogP contribution in [-0.2, 0) is 5.41 Å². The Bertz CT molecular complexity index is 3340. The van der Waals surface area contributed by atoms with Crippen LogP contribution in [0.15, 0.2) is 248 Å². The molecule has 0 bridgehead atoms. The number of para-hydroxylation sites is 2. The molecule has 10 aromatic rings. The van der Waals surface area contributed by atoms with Gasteiger partial charge in [-0.15, -0.1) is 0 Å². The van der Waals surface area contributed by atoms with E-state index in [1.165, 1.54) is 83.1 Å². The fourth-order valence-corrected chi connectivity index (χ4v) is 10.9. The highest BCUT2D eigenvalue weighted by Crippen LogP contribution is 2.59. The highest BCUT2D eigenvalue weighted by molar-refractivity contribution is 6.10. The molecule has 0 radical (unpaired) electrons. The van der Waals surface area contributed by atoms with E-state index in [1.807, 2.05) is 0 Å². The minimum atomic E-state index is -0.442. The summed E-state index contributed by atoms with van der Waals surface area (Å²) in [5.74, 6) is 0.375. The fraction of sp³-hybridized carbons (Fsp3) is 0.0645. The van der Waals surface area contributed by atoms with Gasteiger partial charge in [0.1, 0.15) is 0 Å². The molecule has 12 rings (SSSR count). The molecule has 0 N–H and O–H groups in total. The van der Waals surface area contributed by atoms with Crippen molar-refractivity contribution in [3.05, 3.63) is 271 Å². The van der Waals surface area contributed by atoms with E-state index in [2.05, 4.69) is 259 Å². The molecule has 1 heterocycles. The van der Waals surface area contributed by atoms with E-state index in [9.17, 15) is 0 Å². The highest BCUT2D eigenvalue weighted by atomic mass is 15.1. The number of allylic oxidation sites excluding steroid dienone is 4. The SMILES string of the molecule is CC1CC=CC2=C1C(c1ccccc1)(c1ccccc1)c1cc(N(c3ccc(-c4ccccc4)cc3)c3ccc(-c4ccc5c(c4)c4ccccc4n5-c4ccccc4)cc3)ccc12. The number of nitrogens with zero attached hydrogens (tertiary/aromatic N) is 2. The van der Waals surface area contributed by atoms with E-state index in [1.54, 1.807) is 0 Å². The van der Waals surface area contributed by atoms with Crippen molar-refractivity contribution in [2.45, 2.75) is 18.8 Å². The average molecular weight is 819 g/mol. The van der Waals surface area contributed by atoms with E-state index in [0.29, 0.717) is 5.92 Å². The highest BCUT2D eigenvalue weighted by Gasteiger charge is 2.49. The first kappa shape index (κ1) is 37.8. The van der Waals surface area contributed by atoms with Gasteiger partial charge in [0.15, 0.2) is 0 Å². The van der Waals surface area contributed by atoms with E-state index >= 15 is 0 Å². The van der Waals surface area contributed by atoms with Crippen LogP contribution < -0.4 is 4.90 Å². The smallest absolute Gasteiger partial charge is 0.0679 e. The van der Waals surface area contributed by atoms with Crippen LogP contribution in [0.4, 0.5) is 17.1 Å². The number of aromatic nitrogens is 1. The van der Waals surface area contributed by atoms with Crippen LogP contribution >= 0.6 is 0 Å². The zero-order valence-electron chi connectivity index (χ0n) is 35.8. The standard InChI is InChI=1S/C62H46N2/c1-43-17-16-27-56-54-39-38-53(42-58(54)62(61(43)56,48-20-8-3-9-21-48)49-22-10-4-11-23-49)63(51-34-29-45(30-35-51)44-18-6-2-7-19-44)52-36-31-46(32-37-52)47-33-40-60-57(41-47)55-26-14-15-28-59(55)64(60)50-24-12-5-13-25-50/h2-16,18-43H,17H2,1H3. The molecule has 1 aromatic heterocycles. The van der Waals surface area contributed by atoms with E-state index < -0.39 is 5.41 Å². The van der Waals surface area contributed by atoms with Gasteiger partial charge >= 0.3 is 0 Å². The summed E-state index contributed by atoms with van der Waals surface area (Å²) < 4.78 is 2.38. The van der Waals surface area contributed by atoms with Crippen molar-refractivity contribution < 1.29 is 0 Å². The van der Waals surface area contributed by atoms with Crippen molar-refractivity contribution >= 4 is 44.4 Å². The number of fused-ring (bicyclic) bond motifs is 5. The monoisotopic (exact) mass is 818 g/mol. The van der Waals surface area contributed by atoms with Crippen LogP contribution in [0.1, 0.15) is 35.6 Å². The molecule has 2 nitrogen and oxygen atoms in total. The molecule has 64 heavy (non-hydrogen) atoms. The summed E-state index contributed by atoms with van der Waals surface area (Å²) in [6.07, 6.45) is 5.78. The van der Waals surface area contributed by atoms with Crippen LogP contribution in [0.5, 0.6) is 0 Å². The Morgan fingerprint density at radius 3 is 1.62 bits per heavy atom. The Morgan fingerprint density at radius 1 is 0.453 bits per heavy atom. The van der Waals surface area contributed by atoms with Crippen molar-refractivity contribution in [2.24, 2.45) is 5.92 Å². The Hall–Kier alpha value is -7.94. The minimum absolute atomic E-state index is 0.375. The molecular formula is C62H46N2. The van der Waals surface area contributed by atoms with Crippen LogP contribution in [0, 0.1) is 5.92 Å². The molecule has 0 aliphatic heterocycles. The topological polar surface area (TPSA) is 8.17 Å². The van der Waals surface area contributed by atoms with Gasteiger partial charge in [0, 0.05) is 33.5 Å². The van der Waals surface area contributed by atoms with Crippen molar-refractivity contribution in [3.8, 4) is 27.9 Å². The molecule has 0 saturated carbocycles. The predicted octanol–water partition coefficient (Wildman–Crippen LogP) is 16.3. The van der Waals surface area contributed by atoms with Crippen molar-refractivity contribution in [2.75, 3.05) is 4.90 Å². The zero-order valence-corrected chi connectivity index (χ0v) is 35.8. The van der Waals surface area contributed by atoms with E-state index in [-0.39, 0.29) is 0 Å². The van der Waals surface area contributed by atoms with Gasteiger partial charge in [-0.2, -0.15) is 0 Å². The lowest BCUT2D eigenvalue weighted by Gasteiger charge is -2.39. The van der Waals surface area contributed by atoms with Crippen LogP contribution in [-0.4, -0.2) is 4.57 Å². The Morgan fingerprint density at radius 2 is 0.969 bits per heavy atom. The van der Waals surface area contributed by atoms with Crippen LogP contribution in [0.25, 0.3) is 55.3 Å². The van der Waals surface area contributed by atoms with Crippen molar-refractivity contribution in [3.63, 3.8) is 0 Å². The molecule has 2 heteroatoms. The molecule has 0 fully saturated rings. The van der Waals surface area contributed by atoms with Crippen molar-refractivity contribution in [1.29, 1.82) is 0 Å². The second-order valence-corrected chi connectivity index (χ2v) is 17.3. The Labute approximate surface area is 375 Å². The molecule has 0 spiro atoms. The molecule has 0 amide bonds. The lowest BCUT2D eigenvalue weighted by Crippen LogP contribution is -2.33. The summed E-state index contributed by atoms with van der Waals surface area (Å²) in [5, 5.41) is 2.50.